The Hall–Kier alpha value is -1.49. The molecule has 112 valence electrons. The number of hydrogen-bond acceptors (Lipinski definition) is 2. The average molecular weight is 284 g/mol. The minimum absolute atomic E-state index is 0.000505. The molecule has 1 unspecified atom stereocenters. The zero-order chi connectivity index (χ0) is 15.3. The van der Waals surface area contributed by atoms with E-state index in [-0.39, 0.29) is 23.9 Å². The summed E-state index contributed by atoms with van der Waals surface area (Å²) >= 11 is 0. The fourth-order valence-corrected chi connectivity index (χ4v) is 1.87. The first-order valence-electron chi connectivity index (χ1n) is 6.70. The van der Waals surface area contributed by atoms with Gasteiger partial charge in [0.25, 0.3) is 0 Å². The van der Waals surface area contributed by atoms with Crippen molar-refractivity contribution in [3.05, 3.63) is 35.4 Å². The second-order valence-electron chi connectivity index (χ2n) is 5.86. The van der Waals surface area contributed by atoms with Gasteiger partial charge in [0.1, 0.15) is 11.6 Å². The maximum absolute atomic E-state index is 13.5. The topological polar surface area (TPSA) is 55.1 Å². The van der Waals surface area contributed by atoms with E-state index in [0.717, 1.165) is 0 Å². The quantitative estimate of drug-likeness (QED) is 0.843. The van der Waals surface area contributed by atoms with E-state index in [9.17, 15) is 13.6 Å². The monoisotopic (exact) mass is 284 g/mol. The molecule has 20 heavy (non-hydrogen) atoms. The van der Waals surface area contributed by atoms with Crippen LogP contribution in [0.5, 0.6) is 0 Å². The van der Waals surface area contributed by atoms with E-state index in [1.165, 1.54) is 18.2 Å². The molecule has 3 nitrogen and oxygen atoms in total. The summed E-state index contributed by atoms with van der Waals surface area (Å²) in [5, 5.41) is 2.73. The minimum Gasteiger partial charge on any atom is -0.353 e. The fraction of sp³-hybridized carbons (Fsp3) is 0.533. The van der Waals surface area contributed by atoms with E-state index in [1.54, 1.807) is 6.92 Å². The molecule has 1 rings (SSSR count). The Morgan fingerprint density at radius 3 is 2.40 bits per heavy atom. The Bertz CT molecular complexity index is 449. The van der Waals surface area contributed by atoms with Crippen LogP contribution in [0.25, 0.3) is 0 Å². The van der Waals surface area contributed by atoms with Gasteiger partial charge in [-0.15, -0.1) is 0 Å². The summed E-state index contributed by atoms with van der Waals surface area (Å²) < 4.78 is 27.0. The molecule has 0 aliphatic heterocycles. The largest absolute Gasteiger partial charge is 0.353 e. The van der Waals surface area contributed by atoms with Crippen LogP contribution < -0.4 is 11.1 Å². The lowest BCUT2D eigenvalue weighted by Crippen LogP contribution is -2.38. The van der Waals surface area contributed by atoms with Crippen molar-refractivity contribution < 1.29 is 13.6 Å². The summed E-state index contributed by atoms with van der Waals surface area (Å²) in [5.74, 6) is -1.34. The van der Waals surface area contributed by atoms with Crippen molar-refractivity contribution in [3.63, 3.8) is 0 Å². The number of hydrogen-bond donors (Lipinski definition) is 2. The summed E-state index contributed by atoms with van der Waals surface area (Å²) in [7, 11) is 0. The number of rotatable bonds is 6. The summed E-state index contributed by atoms with van der Waals surface area (Å²) in [6.45, 7) is 5.41. The third-order valence-electron chi connectivity index (χ3n) is 2.98. The van der Waals surface area contributed by atoms with E-state index < -0.39 is 17.2 Å². The van der Waals surface area contributed by atoms with Gasteiger partial charge in [-0.25, -0.2) is 8.78 Å². The molecule has 0 fully saturated rings. The SMILES string of the molecule is CC(Cc1c(F)cccc1F)NC(=O)CCC(C)(C)N. The van der Waals surface area contributed by atoms with E-state index in [4.69, 9.17) is 5.73 Å². The fourth-order valence-electron chi connectivity index (χ4n) is 1.87. The molecule has 1 aromatic rings. The molecule has 0 aliphatic carbocycles. The van der Waals surface area contributed by atoms with Gasteiger partial charge in [-0.1, -0.05) is 6.07 Å². The molecule has 0 spiro atoms. The normalized spacial score (nSPS) is 13.1. The van der Waals surface area contributed by atoms with Gasteiger partial charge in [-0.05, 0) is 45.7 Å². The molecule has 5 heteroatoms. The Kier molecular flexibility index (Phi) is 5.62. The van der Waals surface area contributed by atoms with Gasteiger partial charge in [-0.2, -0.15) is 0 Å². The predicted molar refractivity (Wildman–Crippen MR) is 75.2 cm³/mol. The van der Waals surface area contributed by atoms with Crippen LogP contribution in [0.4, 0.5) is 8.78 Å². The van der Waals surface area contributed by atoms with Crippen molar-refractivity contribution in [3.8, 4) is 0 Å². The van der Waals surface area contributed by atoms with Crippen molar-refractivity contribution >= 4 is 5.91 Å². The smallest absolute Gasteiger partial charge is 0.220 e. The molecule has 0 aromatic heterocycles. The second kappa shape index (κ2) is 6.79. The van der Waals surface area contributed by atoms with E-state index >= 15 is 0 Å². The molecule has 3 N–H and O–H groups in total. The number of nitrogens with two attached hydrogens (primary N) is 1. The number of carbonyl (C=O) groups is 1. The summed E-state index contributed by atoms with van der Waals surface area (Å²) in [4.78, 5) is 11.7. The van der Waals surface area contributed by atoms with Crippen molar-refractivity contribution in [2.24, 2.45) is 5.73 Å². The van der Waals surface area contributed by atoms with Crippen LogP contribution in [0.15, 0.2) is 18.2 Å². The molecule has 0 saturated carbocycles. The van der Waals surface area contributed by atoms with E-state index in [1.807, 2.05) is 13.8 Å². The molecule has 1 atom stereocenters. The maximum Gasteiger partial charge on any atom is 0.220 e. The van der Waals surface area contributed by atoms with Gasteiger partial charge < -0.3 is 11.1 Å². The Balaban J connectivity index is 2.51. The summed E-state index contributed by atoms with van der Waals surface area (Å²) in [5.41, 5.74) is 5.39. The van der Waals surface area contributed by atoms with Crippen LogP contribution in [0.3, 0.4) is 0 Å². The Morgan fingerprint density at radius 1 is 1.35 bits per heavy atom. The van der Waals surface area contributed by atoms with Crippen LogP contribution in [0.1, 0.15) is 39.2 Å². The highest BCUT2D eigenvalue weighted by Crippen LogP contribution is 2.14. The van der Waals surface area contributed by atoms with Gasteiger partial charge in [0.05, 0.1) is 0 Å². The lowest BCUT2D eigenvalue weighted by Gasteiger charge is -2.19. The van der Waals surface area contributed by atoms with Gasteiger partial charge >= 0.3 is 0 Å². The molecule has 0 radical (unpaired) electrons. The van der Waals surface area contributed by atoms with Gasteiger partial charge in [0, 0.05) is 23.6 Å². The van der Waals surface area contributed by atoms with E-state index in [2.05, 4.69) is 5.32 Å². The standard InChI is InChI=1S/C15H22F2N2O/c1-10(19-14(20)7-8-15(2,3)18)9-11-12(16)5-4-6-13(11)17/h4-6,10H,7-9,18H2,1-3H3,(H,19,20). The van der Waals surface area contributed by atoms with Crippen LogP contribution in [0, 0.1) is 11.6 Å². The lowest BCUT2D eigenvalue weighted by atomic mass is 9.99. The summed E-state index contributed by atoms with van der Waals surface area (Å²) in [6.07, 6.45) is 0.976. The molecular formula is C15H22F2N2O. The van der Waals surface area contributed by atoms with Crippen LogP contribution in [-0.4, -0.2) is 17.5 Å². The van der Waals surface area contributed by atoms with Crippen molar-refractivity contribution in [2.75, 3.05) is 0 Å². The zero-order valence-corrected chi connectivity index (χ0v) is 12.2. The molecule has 0 aliphatic rings. The first kappa shape index (κ1) is 16.6. The molecule has 1 amide bonds. The highest BCUT2D eigenvalue weighted by molar-refractivity contribution is 5.76. The number of amides is 1. The first-order valence-corrected chi connectivity index (χ1v) is 6.70. The first-order chi connectivity index (χ1) is 9.19. The molecule has 0 saturated heterocycles. The number of benzene rings is 1. The van der Waals surface area contributed by atoms with Gasteiger partial charge in [0.2, 0.25) is 5.91 Å². The molecule has 0 bridgehead atoms. The number of nitrogens with one attached hydrogen (secondary N) is 1. The average Bonchev–Trinajstić information content (AvgIpc) is 2.31. The summed E-state index contributed by atoms with van der Waals surface area (Å²) in [6, 6.07) is 3.41. The van der Waals surface area contributed by atoms with Crippen LogP contribution in [-0.2, 0) is 11.2 Å². The molecular weight excluding hydrogens is 262 g/mol. The minimum atomic E-state index is -0.589. The molecule has 1 aromatic carbocycles. The third-order valence-corrected chi connectivity index (χ3v) is 2.98. The second-order valence-corrected chi connectivity index (χ2v) is 5.86. The van der Waals surface area contributed by atoms with Crippen molar-refractivity contribution in [2.45, 2.75) is 51.6 Å². The highest BCUT2D eigenvalue weighted by Gasteiger charge is 2.16. The maximum atomic E-state index is 13.5. The number of carbonyl (C=O) groups excluding carboxylic acids is 1. The van der Waals surface area contributed by atoms with Gasteiger partial charge in [0.15, 0.2) is 0 Å². The van der Waals surface area contributed by atoms with Gasteiger partial charge in [-0.3, -0.25) is 4.79 Å². The Labute approximate surface area is 118 Å². The van der Waals surface area contributed by atoms with Crippen molar-refractivity contribution in [1.82, 2.24) is 5.32 Å². The van der Waals surface area contributed by atoms with Crippen LogP contribution in [0.2, 0.25) is 0 Å². The Morgan fingerprint density at radius 2 is 1.90 bits per heavy atom. The zero-order valence-electron chi connectivity index (χ0n) is 12.2. The van der Waals surface area contributed by atoms with E-state index in [0.29, 0.717) is 12.8 Å². The highest BCUT2D eigenvalue weighted by atomic mass is 19.1. The third kappa shape index (κ3) is 5.65. The number of halogens is 2. The van der Waals surface area contributed by atoms with Crippen LogP contribution >= 0.6 is 0 Å². The predicted octanol–water partition coefficient (Wildman–Crippen LogP) is 2.53. The lowest BCUT2D eigenvalue weighted by molar-refractivity contribution is -0.122. The van der Waals surface area contributed by atoms with Crippen molar-refractivity contribution in [1.29, 1.82) is 0 Å². The molecule has 0 heterocycles.